The van der Waals surface area contributed by atoms with Crippen molar-refractivity contribution in [2.24, 2.45) is 5.92 Å². The molecule has 1 aromatic carbocycles. The Morgan fingerprint density at radius 1 is 1.14 bits per heavy atom. The maximum Gasteiger partial charge on any atom is 0.253 e. The van der Waals surface area contributed by atoms with Gasteiger partial charge >= 0.3 is 0 Å². The van der Waals surface area contributed by atoms with Crippen molar-refractivity contribution in [3.8, 4) is 5.82 Å². The van der Waals surface area contributed by atoms with E-state index in [1.165, 1.54) is 0 Å². The number of carbonyl (C=O) groups is 1. The minimum absolute atomic E-state index is 0.125. The lowest BCUT2D eigenvalue weighted by atomic mass is 9.96. The molecule has 0 atom stereocenters. The van der Waals surface area contributed by atoms with E-state index in [9.17, 15) is 4.79 Å². The van der Waals surface area contributed by atoms with Gasteiger partial charge in [-0.2, -0.15) is 5.10 Å². The Morgan fingerprint density at radius 3 is 2.59 bits per heavy atom. The molecule has 1 saturated heterocycles. The monoisotopic (exact) mass is 390 g/mol. The molecule has 0 spiro atoms. The molecule has 7 nitrogen and oxygen atoms in total. The standard InChI is InChI=1S/C22H26N6O/c1-16-12-17(2)28(26-16)21-15-23-14-20(25-21)24-13-18-8-10-27(11-9-18)22(29)19-6-4-3-5-7-19/h3-7,12,14-15,18H,8-11,13H2,1-2H3,(H,24,25). The van der Waals surface area contributed by atoms with Gasteiger partial charge in [0.05, 0.1) is 18.1 Å². The molecule has 1 aliphatic heterocycles. The van der Waals surface area contributed by atoms with Crippen LogP contribution in [0.2, 0.25) is 0 Å². The predicted octanol–water partition coefficient (Wildman–Crippen LogP) is 3.24. The Morgan fingerprint density at radius 2 is 1.90 bits per heavy atom. The molecule has 0 saturated carbocycles. The summed E-state index contributed by atoms with van der Waals surface area (Å²) in [5.41, 5.74) is 2.75. The second-order valence-corrected chi connectivity index (χ2v) is 7.58. The van der Waals surface area contributed by atoms with Crippen LogP contribution >= 0.6 is 0 Å². The highest BCUT2D eigenvalue weighted by Crippen LogP contribution is 2.20. The number of nitrogens with one attached hydrogen (secondary N) is 1. The molecule has 0 radical (unpaired) electrons. The molecule has 29 heavy (non-hydrogen) atoms. The number of aryl methyl sites for hydroxylation is 2. The van der Waals surface area contributed by atoms with Gasteiger partial charge < -0.3 is 10.2 Å². The second kappa shape index (κ2) is 8.43. The third-order valence-electron chi connectivity index (χ3n) is 5.34. The van der Waals surface area contributed by atoms with Crippen LogP contribution in [0, 0.1) is 19.8 Å². The van der Waals surface area contributed by atoms with E-state index in [0.29, 0.717) is 11.7 Å². The van der Waals surface area contributed by atoms with Crippen LogP contribution in [0.25, 0.3) is 5.82 Å². The van der Waals surface area contributed by atoms with Crippen LogP contribution in [0.4, 0.5) is 5.82 Å². The first-order chi connectivity index (χ1) is 14.1. The molecular weight excluding hydrogens is 364 g/mol. The fourth-order valence-corrected chi connectivity index (χ4v) is 3.76. The number of hydrogen-bond donors (Lipinski definition) is 1. The van der Waals surface area contributed by atoms with E-state index >= 15 is 0 Å². The third kappa shape index (κ3) is 4.45. The average molecular weight is 390 g/mol. The topological polar surface area (TPSA) is 75.9 Å². The van der Waals surface area contributed by atoms with Crippen molar-refractivity contribution in [2.75, 3.05) is 25.0 Å². The van der Waals surface area contributed by atoms with Gasteiger partial charge in [0.2, 0.25) is 0 Å². The van der Waals surface area contributed by atoms with Crippen molar-refractivity contribution in [1.82, 2.24) is 24.6 Å². The fourth-order valence-electron chi connectivity index (χ4n) is 3.76. The molecule has 0 unspecified atom stereocenters. The quantitative estimate of drug-likeness (QED) is 0.724. The predicted molar refractivity (Wildman–Crippen MR) is 112 cm³/mol. The summed E-state index contributed by atoms with van der Waals surface area (Å²) in [4.78, 5) is 23.5. The Bertz CT molecular complexity index is 976. The zero-order valence-corrected chi connectivity index (χ0v) is 16.9. The highest BCUT2D eigenvalue weighted by Gasteiger charge is 2.23. The van der Waals surface area contributed by atoms with Gasteiger partial charge in [0.15, 0.2) is 5.82 Å². The first kappa shape index (κ1) is 19.1. The Hall–Kier alpha value is -3.22. The number of carbonyl (C=O) groups excluding carboxylic acids is 1. The van der Waals surface area contributed by atoms with E-state index in [1.54, 1.807) is 17.1 Å². The molecule has 1 amide bonds. The number of hydrogen-bond acceptors (Lipinski definition) is 5. The number of piperidine rings is 1. The first-order valence-electron chi connectivity index (χ1n) is 10.0. The van der Waals surface area contributed by atoms with E-state index in [2.05, 4.69) is 20.4 Å². The van der Waals surface area contributed by atoms with E-state index in [0.717, 1.165) is 55.2 Å². The minimum atomic E-state index is 0.125. The zero-order chi connectivity index (χ0) is 20.2. The largest absolute Gasteiger partial charge is 0.368 e. The Balaban J connectivity index is 1.31. The van der Waals surface area contributed by atoms with Crippen LogP contribution in [0.3, 0.4) is 0 Å². The third-order valence-corrected chi connectivity index (χ3v) is 5.34. The molecule has 150 valence electrons. The number of anilines is 1. The molecule has 1 aliphatic rings. The fraction of sp³-hybridized carbons (Fsp3) is 0.364. The van der Waals surface area contributed by atoms with E-state index in [1.807, 2.05) is 55.1 Å². The van der Waals surface area contributed by atoms with E-state index < -0.39 is 0 Å². The molecule has 3 aromatic rings. The lowest BCUT2D eigenvalue weighted by Gasteiger charge is -2.32. The summed E-state index contributed by atoms with van der Waals surface area (Å²) in [6.07, 6.45) is 5.42. The Kier molecular flexibility index (Phi) is 5.55. The van der Waals surface area contributed by atoms with Gasteiger partial charge in [0.1, 0.15) is 5.82 Å². The van der Waals surface area contributed by atoms with Gasteiger partial charge in [-0.15, -0.1) is 0 Å². The number of nitrogens with zero attached hydrogens (tertiary/aromatic N) is 5. The lowest BCUT2D eigenvalue weighted by molar-refractivity contribution is 0.0695. The van der Waals surface area contributed by atoms with Crippen LogP contribution in [0.1, 0.15) is 34.6 Å². The zero-order valence-electron chi connectivity index (χ0n) is 16.9. The van der Waals surface area contributed by atoms with Crippen molar-refractivity contribution < 1.29 is 4.79 Å². The number of benzene rings is 1. The number of aromatic nitrogens is 4. The minimum Gasteiger partial charge on any atom is -0.368 e. The van der Waals surface area contributed by atoms with Crippen LogP contribution in [0.5, 0.6) is 0 Å². The second-order valence-electron chi connectivity index (χ2n) is 7.58. The highest BCUT2D eigenvalue weighted by molar-refractivity contribution is 5.94. The number of amides is 1. The molecule has 7 heteroatoms. The first-order valence-corrected chi connectivity index (χ1v) is 10.0. The van der Waals surface area contributed by atoms with Crippen LogP contribution in [-0.2, 0) is 0 Å². The highest BCUT2D eigenvalue weighted by atomic mass is 16.2. The summed E-state index contributed by atoms with van der Waals surface area (Å²) in [7, 11) is 0. The summed E-state index contributed by atoms with van der Waals surface area (Å²) in [5, 5.41) is 7.88. The lowest BCUT2D eigenvalue weighted by Crippen LogP contribution is -2.39. The molecule has 0 aliphatic carbocycles. The molecule has 0 bridgehead atoms. The van der Waals surface area contributed by atoms with Crippen molar-refractivity contribution in [3.63, 3.8) is 0 Å². The van der Waals surface area contributed by atoms with Crippen LogP contribution < -0.4 is 5.32 Å². The SMILES string of the molecule is Cc1cc(C)n(-c2cncc(NCC3CCN(C(=O)c4ccccc4)CC3)n2)n1. The van der Waals surface area contributed by atoms with Gasteiger partial charge in [-0.05, 0) is 50.8 Å². The van der Waals surface area contributed by atoms with Crippen molar-refractivity contribution in [2.45, 2.75) is 26.7 Å². The van der Waals surface area contributed by atoms with Crippen molar-refractivity contribution >= 4 is 11.7 Å². The molecule has 2 aromatic heterocycles. The van der Waals surface area contributed by atoms with Crippen molar-refractivity contribution in [3.05, 3.63) is 65.7 Å². The van der Waals surface area contributed by atoms with Crippen LogP contribution in [-0.4, -0.2) is 50.2 Å². The summed E-state index contributed by atoms with van der Waals surface area (Å²) >= 11 is 0. The summed E-state index contributed by atoms with van der Waals surface area (Å²) < 4.78 is 1.81. The van der Waals surface area contributed by atoms with Gasteiger partial charge in [-0.3, -0.25) is 9.78 Å². The number of rotatable bonds is 5. The van der Waals surface area contributed by atoms with Crippen molar-refractivity contribution in [1.29, 1.82) is 0 Å². The molecule has 3 heterocycles. The van der Waals surface area contributed by atoms with E-state index in [4.69, 9.17) is 0 Å². The molecule has 1 N–H and O–H groups in total. The van der Waals surface area contributed by atoms with Gasteiger partial charge in [-0.25, -0.2) is 9.67 Å². The normalized spacial score (nSPS) is 14.8. The molecule has 4 rings (SSSR count). The smallest absolute Gasteiger partial charge is 0.253 e. The average Bonchev–Trinajstić information content (AvgIpc) is 3.11. The summed E-state index contributed by atoms with van der Waals surface area (Å²) in [5.74, 6) is 2.09. The maximum atomic E-state index is 12.6. The van der Waals surface area contributed by atoms with Crippen LogP contribution in [0.15, 0.2) is 48.8 Å². The van der Waals surface area contributed by atoms with E-state index in [-0.39, 0.29) is 5.91 Å². The summed E-state index contributed by atoms with van der Waals surface area (Å²) in [6, 6.07) is 11.5. The van der Waals surface area contributed by atoms with Gasteiger partial charge in [-0.1, -0.05) is 18.2 Å². The summed E-state index contributed by atoms with van der Waals surface area (Å²) in [6.45, 7) is 6.37. The number of likely N-dealkylation sites (tertiary alicyclic amines) is 1. The maximum absolute atomic E-state index is 12.6. The molecule has 1 fully saturated rings. The Labute approximate surface area is 170 Å². The molecular formula is C22H26N6O. The van der Waals surface area contributed by atoms with Gasteiger partial charge in [0, 0.05) is 30.9 Å². The van der Waals surface area contributed by atoms with Gasteiger partial charge in [0.25, 0.3) is 5.91 Å².